The summed E-state index contributed by atoms with van der Waals surface area (Å²) in [6.07, 6.45) is -0.175. The van der Waals surface area contributed by atoms with E-state index >= 15 is 0 Å². The fraction of sp³-hybridized carbons (Fsp3) is 0.700. The zero-order valence-corrected chi connectivity index (χ0v) is 9.88. The van der Waals surface area contributed by atoms with Gasteiger partial charge in [-0.1, -0.05) is 13.3 Å². The van der Waals surface area contributed by atoms with E-state index in [1.165, 1.54) is 6.92 Å². The van der Waals surface area contributed by atoms with Crippen LogP contribution in [0, 0.1) is 0 Å². The van der Waals surface area contributed by atoms with Crippen molar-refractivity contribution < 1.29 is 34.4 Å². The molecule has 0 aromatic carbocycles. The molecule has 7 heteroatoms. The van der Waals surface area contributed by atoms with Crippen LogP contribution in [-0.4, -0.2) is 39.5 Å². The van der Waals surface area contributed by atoms with Gasteiger partial charge in [-0.15, -0.1) is 0 Å². The van der Waals surface area contributed by atoms with E-state index < -0.39 is 24.2 Å². The minimum atomic E-state index is -1.08. The second kappa shape index (κ2) is 10.9. The smallest absolute Gasteiger partial charge is 0.304 e. The standard InChI is InChI=1S/C6H12O3.C4H6O4/c1-3-4-6(8)9-5(2)7;5-3(6)1-2-4(7)8/h6,8H,3-4H2,1-2H3;1-2H2,(H,5,6)(H,7,8). The van der Waals surface area contributed by atoms with Gasteiger partial charge in [0.1, 0.15) is 0 Å². The molecule has 0 saturated carbocycles. The van der Waals surface area contributed by atoms with Gasteiger partial charge >= 0.3 is 17.9 Å². The first kappa shape index (κ1) is 17.8. The topological polar surface area (TPSA) is 121 Å². The maximum absolute atomic E-state index is 10.1. The van der Waals surface area contributed by atoms with Gasteiger partial charge in [-0.05, 0) is 0 Å². The number of carboxylic acids is 2. The third-order valence-electron chi connectivity index (χ3n) is 1.39. The van der Waals surface area contributed by atoms with Crippen molar-refractivity contribution in [1.29, 1.82) is 0 Å². The van der Waals surface area contributed by atoms with E-state index in [0.29, 0.717) is 6.42 Å². The molecule has 17 heavy (non-hydrogen) atoms. The monoisotopic (exact) mass is 250 g/mol. The Labute approximate surface area is 99.0 Å². The first-order chi connectivity index (χ1) is 7.79. The lowest BCUT2D eigenvalue weighted by atomic mass is 10.3. The number of esters is 1. The zero-order chi connectivity index (χ0) is 13.8. The highest BCUT2D eigenvalue weighted by Crippen LogP contribution is 1.97. The van der Waals surface area contributed by atoms with Gasteiger partial charge in [0.2, 0.25) is 6.29 Å². The van der Waals surface area contributed by atoms with Gasteiger partial charge < -0.3 is 20.1 Å². The van der Waals surface area contributed by atoms with E-state index in [1.807, 2.05) is 6.92 Å². The normalized spacial score (nSPS) is 10.8. The van der Waals surface area contributed by atoms with Gasteiger partial charge in [0, 0.05) is 13.3 Å². The summed E-state index contributed by atoms with van der Waals surface area (Å²) in [7, 11) is 0. The molecule has 3 N–H and O–H groups in total. The number of aliphatic hydroxyl groups excluding tert-OH is 1. The Morgan fingerprint density at radius 2 is 1.53 bits per heavy atom. The van der Waals surface area contributed by atoms with Crippen molar-refractivity contribution >= 4 is 17.9 Å². The van der Waals surface area contributed by atoms with Crippen molar-refractivity contribution in [2.24, 2.45) is 0 Å². The maximum atomic E-state index is 10.1. The molecule has 0 aliphatic heterocycles. The van der Waals surface area contributed by atoms with E-state index in [9.17, 15) is 14.4 Å². The van der Waals surface area contributed by atoms with Crippen LogP contribution in [0.3, 0.4) is 0 Å². The largest absolute Gasteiger partial charge is 0.481 e. The van der Waals surface area contributed by atoms with Crippen molar-refractivity contribution in [2.45, 2.75) is 45.8 Å². The van der Waals surface area contributed by atoms with Gasteiger partial charge in [0.05, 0.1) is 12.8 Å². The van der Waals surface area contributed by atoms with Crippen molar-refractivity contribution in [3.8, 4) is 0 Å². The number of ether oxygens (including phenoxy) is 1. The van der Waals surface area contributed by atoms with E-state index in [-0.39, 0.29) is 12.8 Å². The summed E-state index contributed by atoms with van der Waals surface area (Å²) >= 11 is 0. The molecule has 0 saturated heterocycles. The van der Waals surface area contributed by atoms with Crippen LogP contribution in [0.5, 0.6) is 0 Å². The highest BCUT2D eigenvalue weighted by molar-refractivity contribution is 5.75. The SMILES string of the molecule is CCCC(O)OC(C)=O.O=C(O)CCC(=O)O. The summed E-state index contributed by atoms with van der Waals surface area (Å²) in [6, 6.07) is 0. The van der Waals surface area contributed by atoms with Gasteiger partial charge in [0.15, 0.2) is 0 Å². The predicted molar refractivity (Wildman–Crippen MR) is 57.2 cm³/mol. The molecular weight excluding hydrogens is 232 g/mol. The first-order valence-corrected chi connectivity index (χ1v) is 5.08. The molecule has 1 atom stereocenters. The summed E-state index contributed by atoms with van der Waals surface area (Å²) in [5.74, 6) is -2.59. The molecule has 0 spiro atoms. The summed E-state index contributed by atoms with van der Waals surface area (Å²) in [4.78, 5) is 29.4. The lowest BCUT2D eigenvalue weighted by molar-refractivity contribution is -0.165. The van der Waals surface area contributed by atoms with E-state index in [0.717, 1.165) is 6.42 Å². The summed E-state index contributed by atoms with van der Waals surface area (Å²) < 4.78 is 4.41. The number of carbonyl (C=O) groups is 3. The molecule has 0 fully saturated rings. The zero-order valence-electron chi connectivity index (χ0n) is 9.88. The Bertz CT molecular complexity index is 235. The van der Waals surface area contributed by atoms with Crippen LogP contribution >= 0.6 is 0 Å². The van der Waals surface area contributed by atoms with E-state index in [2.05, 4.69) is 4.74 Å². The molecule has 1 unspecified atom stereocenters. The number of carbonyl (C=O) groups excluding carboxylic acids is 1. The van der Waals surface area contributed by atoms with E-state index in [1.54, 1.807) is 0 Å². The van der Waals surface area contributed by atoms with E-state index in [4.69, 9.17) is 15.3 Å². The molecule has 0 radical (unpaired) electrons. The van der Waals surface area contributed by atoms with Gasteiger partial charge in [-0.3, -0.25) is 14.4 Å². The number of aliphatic carboxylic acids is 2. The molecule has 0 aromatic rings. The molecular formula is C10H18O7. The molecule has 7 nitrogen and oxygen atoms in total. The third-order valence-corrected chi connectivity index (χ3v) is 1.39. The maximum Gasteiger partial charge on any atom is 0.304 e. The second-order valence-corrected chi connectivity index (χ2v) is 3.14. The fourth-order valence-electron chi connectivity index (χ4n) is 0.711. The van der Waals surface area contributed by atoms with Crippen LogP contribution in [0.1, 0.15) is 39.5 Å². The van der Waals surface area contributed by atoms with Crippen molar-refractivity contribution in [3.63, 3.8) is 0 Å². The third kappa shape index (κ3) is 20.4. The number of hydrogen-bond donors (Lipinski definition) is 3. The average Bonchev–Trinajstić information content (AvgIpc) is 2.14. The van der Waals surface area contributed by atoms with Crippen LogP contribution in [0.25, 0.3) is 0 Å². The molecule has 0 rings (SSSR count). The van der Waals surface area contributed by atoms with Gasteiger partial charge in [-0.25, -0.2) is 0 Å². The number of carboxylic acid groups (broad SMARTS) is 2. The highest BCUT2D eigenvalue weighted by atomic mass is 16.6. The van der Waals surface area contributed by atoms with Gasteiger partial charge in [-0.2, -0.15) is 0 Å². The minimum absolute atomic E-state index is 0.296. The van der Waals surface area contributed by atoms with Crippen molar-refractivity contribution in [3.05, 3.63) is 0 Å². The number of rotatable bonds is 6. The Morgan fingerprint density at radius 1 is 1.12 bits per heavy atom. The Hall–Kier alpha value is -1.63. The van der Waals surface area contributed by atoms with Crippen molar-refractivity contribution in [2.75, 3.05) is 0 Å². The Kier molecular flexibility index (Phi) is 11.4. The fourth-order valence-corrected chi connectivity index (χ4v) is 0.711. The van der Waals surface area contributed by atoms with Crippen LogP contribution in [-0.2, 0) is 19.1 Å². The molecule has 0 bridgehead atoms. The van der Waals surface area contributed by atoms with Crippen LogP contribution < -0.4 is 0 Å². The lowest BCUT2D eigenvalue weighted by Gasteiger charge is -2.07. The van der Waals surface area contributed by atoms with Crippen molar-refractivity contribution in [1.82, 2.24) is 0 Å². The number of aliphatic hydroxyl groups is 1. The summed E-state index contributed by atoms with van der Waals surface area (Å²) in [5, 5.41) is 24.6. The quantitative estimate of drug-likeness (QED) is 0.466. The second-order valence-electron chi connectivity index (χ2n) is 3.14. The minimum Gasteiger partial charge on any atom is -0.481 e. The van der Waals surface area contributed by atoms with Crippen LogP contribution in [0.2, 0.25) is 0 Å². The Balaban J connectivity index is 0. The molecule has 0 aliphatic carbocycles. The summed E-state index contributed by atoms with van der Waals surface area (Å²) in [5.41, 5.74) is 0. The first-order valence-electron chi connectivity index (χ1n) is 5.08. The number of hydrogen-bond acceptors (Lipinski definition) is 5. The van der Waals surface area contributed by atoms with Crippen LogP contribution in [0.4, 0.5) is 0 Å². The van der Waals surface area contributed by atoms with Gasteiger partial charge in [0.25, 0.3) is 0 Å². The lowest BCUT2D eigenvalue weighted by Crippen LogP contribution is -2.14. The summed E-state index contributed by atoms with van der Waals surface area (Å²) in [6.45, 7) is 3.19. The molecule has 0 aromatic heterocycles. The average molecular weight is 250 g/mol. The highest BCUT2D eigenvalue weighted by Gasteiger charge is 2.03. The molecule has 0 amide bonds. The Morgan fingerprint density at radius 3 is 1.76 bits per heavy atom. The van der Waals surface area contributed by atoms with Crippen LogP contribution in [0.15, 0.2) is 0 Å². The molecule has 0 aliphatic rings. The molecule has 100 valence electrons. The molecule has 0 heterocycles. The predicted octanol–water partition coefficient (Wildman–Crippen LogP) is 0.604.